The van der Waals surface area contributed by atoms with Crippen molar-refractivity contribution in [2.24, 2.45) is 0 Å². The number of hydrogen-bond donors (Lipinski definition) is 0. The average molecular weight is 324 g/mol. The molecular weight excluding hydrogens is 308 g/mol. The van der Waals surface area contributed by atoms with E-state index in [2.05, 4.69) is 0 Å². The third-order valence-corrected chi connectivity index (χ3v) is 3.72. The van der Waals surface area contributed by atoms with Crippen LogP contribution in [0.5, 0.6) is 5.75 Å². The number of non-ortho nitro benzene ring substituents is 1. The summed E-state index contributed by atoms with van der Waals surface area (Å²) in [6, 6.07) is 17.0. The summed E-state index contributed by atoms with van der Waals surface area (Å²) in [6.07, 6.45) is 0.658. The van der Waals surface area contributed by atoms with Crippen molar-refractivity contribution < 1.29 is 9.66 Å². The highest BCUT2D eigenvalue weighted by Crippen LogP contribution is 2.19. The quantitative estimate of drug-likeness (QED) is 0.396. The summed E-state index contributed by atoms with van der Waals surface area (Å²) in [4.78, 5) is 22.5. The minimum Gasteiger partial charge on any atom is -0.494 e. The highest BCUT2D eigenvalue weighted by atomic mass is 16.6. The van der Waals surface area contributed by atoms with Gasteiger partial charge in [0.15, 0.2) is 0 Å². The van der Waals surface area contributed by atoms with Gasteiger partial charge in [0.05, 0.1) is 17.0 Å². The molecule has 6 nitrogen and oxygen atoms in total. The van der Waals surface area contributed by atoms with Crippen molar-refractivity contribution in [1.82, 2.24) is 4.57 Å². The van der Waals surface area contributed by atoms with Gasteiger partial charge in [0, 0.05) is 30.1 Å². The number of aromatic nitrogens is 1. The molecule has 1 heterocycles. The van der Waals surface area contributed by atoms with Crippen LogP contribution >= 0.6 is 0 Å². The van der Waals surface area contributed by atoms with Crippen LogP contribution in [0.1, 0.15) is 6.42 Å². The zero-order valence-electron chi connectivity index (χ0n) is 12.9. The number of hydrogen-bond acceptors (Lipinski definition) is 4. The molecule has 24 heavy (non-hydrogen) atoms. The van der Waals surface area contributed by atoms with Gasteiger partial charge in [0.2, 0.25) is 0 Å². The maximum Gasteiger partial charge on any atom is 0.270 e. The highest BCUT2D eigenvalue weighted by Gasteiger charge is 2.09. The van der Waals surface area contributed by atoms with Gasteiger partial charge >= 0.3 is 0 Å². The molecule has 0 saturated carbocycles. The van der Waals surface area contributed by atoms with Gasteiger partial charge in [-0.3, -0.25) is 14.9 Å². The van der Waals surface area contributed by atoms with Crippen LogP contribution in [0.4, 0.5) is 5.69 Å². The fourth-order valence-corrected chi connectivity index (χ4v) is 2.56. The molecule has 0 aliphatic rings. The summed E-state index contributed by atoms with van der Waals surface area (Å²) in [5, 5.41) is 11.5. The summed E-state index contributed by atoms with van der Waals surface area (Å²) < 4.78 is 7.24. The van der Waals surface area contributed by atoms with E-state index in [9.17, 15) is 14.9 Å². The number of pyridine rings is 1. The minimum atomic E-state index is -0.442. The monoisotopic (exact) mass is 324 g/mol. The predicted octanol–water partition coefficient (Wildman–Crippen LogP) is 3.38. The van der Waals surface area contributed by atoms with E-state index in [1.54, 1.807) is 16.7 Å². The summed E-state index contributed by atoms with van der Waals surface area (Å²) in [6.45, 7) is 0.973. The second-order valence-corrected chi connectivity index (χ2v) is 5.34. The SMILES string of the molecule is O=c1ccc2cc([N+](=O)[O-])ccc2n1CCCOc1ccccc1. The van der Waals surface area contributed by atoms with E-state index in [1.807, 2.05) is 30.3 Å². The largest absolute Gasteiger partial charge is 0.494 e. The number of para-hydroxylation sites is 1. The van der Waals surface area contributed by atoms with Gasteiger partial charge in [-0.2, -0.15) is 0 Å². The molecule has 0 aliphatic heterocycles. The van der Waals surface area contributed by atoms with Crippen molar-refractivity contribution in [3.8, 4) is 5.75 Å². The van der Waals surface area contributed by atoms with Crippen molar-refractivity contribution >= 4 is 16.6 Å². The Morgan fingerprint density at radius 3 is 2.58 bits per heavy atom. The molecule has 0 N–H and O–H groups in total. The Bertz CT molecular complexity index is 919. The van der Waals surface area contributed by atoms with Crippen LogP contribution in [0.2, 0.25) is 0 Å². The lowest BCUT2D eigenvalue weighted by atomic mass is 10.2. The summed E-state index contributed by atoms with van der Waals surface area (Å²) in [5.74, 6) is 0.790. The molecule has 3 aromatic rings. The molecule has 0 radical (unpaired) electrons. The number of rotatable bonds is 6. The van der Waals surface area contributed by atoms with E-state index in [4.69, 9.17) is 4.74 Å². The number of nitrogens with zero attached hydrogens (tertiary/aromatic N) is 2. The lowest BCUT2D eigenvalue weighted by Crippen LogP contribution is -2.20. The Morgan fingerprint density at radius 1 is 1.04 bits per heavy atom. The maximum absolute atomic E-state index is 12.1. The molecule has 3 rings (SSSR count). The Kier molecular flexibility index (Phi) is 4.56. The number of nitro groups is 1. The zero-order chi connectivity index (χ0) is 16.9. The topological polar surface area (TPSA) is 74.4 Å². The standard InChI is InChI=1S/C18H16N2O4/c21-18-10-7-14-13-15(20(22)23)8-9-17(14)19(18)11-4-12-24-16-5-2-1-3-6-16/h1-3,5-10,13H,4,11-12H2. The number of aryl methyl sites for hydroxylation is 1. The van der Waals surface area contributed by atoms with Gasteiger partial charge in [0.1, 0.15) is 5.75 Å². The van der Waals surface area contributed by atoms with E-state index in [1.165, 1.54) is 18.2 Å². The first-order valence-electron chi connectivity index (χ1n) is 7.61. The van der Waals surface area contributed by atoms with E-state index in [-0.39, 0.29) is 11.2 Å². The number of ether oxygens (including phenoxy) is 1. The normalized spacial score (nSPS) is 10.7. The van der Waals surface area contributed by atoms with Crippen LogP contribution in [0.25, 0.3) is 10.9 Å². The molecule has 0 atom stereocenters. The van der Waals surface area contributed by atoms with Gasteiger partial charge in [-0.05, 0) is 30.7 Å². The number of nitro benzene ring substituents is 1. The van der Waals surface area contributed by atoms with Crippen molar-refractivity contribution in [3.63, 3.8) is 0 Å². The summed E-state index contributed by atoms with van der Waals surface area (Å²) in [7, 11) is 0. The van der Waals surface area contributed by atoms with Crippen LogP contribution < -0.4 is 10.3 Å². The first-order valence-corrected chi connectivity index (χ1v) is 7.61. The van der Waals surface area contributed by atoms with E-state index in [0.717, 1.165) is 5.75 Å². The lowest BCUT2D eigenvalue weighted by Gasteiger charge is -2.11. The molecule has 0 fully saturated rings. The molecule has 0 unspecified atom stereocenters. The molecule has 0 saturated heterocycles. The summed E-state index contributed by atoms with van der Waals surface area (Å²) >= 11 is 0. The van der Waals surface area contributed by atoms with Crippen LogP contribution in [-0.2, 0) is 6.54 Å². The molecular formula is C18H16N2O4. The fourth-order valence-electron chi connectivity index (χ4n) is 2.56. The van der Waals surface area contributed by atoms with E-state index >= 15 is 0 Å². The molecule has 1 aromatic heterocycles. The van der Waals surface area contributed by atoms with Crippen LogP contribution in [0, 0.1) is 10.1 Å². The fraction of sp³-hybridized carbons (Fsp3) is 0.167. The van der Waals surface area contributed by atoms with Gasteiger partial charge in [-0.15, -0.1) is 0 Å². The molecule has 0 bridgehead atoms. The van der Waals surface area contributed by atoms with Crippen molar-refractivity contribution in [3.05, 3.63) is 81.1 Å². The van der Waals surface area contributed by atoms with Crippen LogP contribution in [-0.4, -0.2) is 16.1 Å². The molecule has 122 valence electrons. The number of benzene rings is 2. The third kappa shape index (κ3) is 3.43. The molecule has 6 heteroatoms. The highest BCUT2D eigenvalue weighted by molar-refractivity contribution is 5.81. The maximum atomic E-state index is 12.1. The summed E-state index contributed by atoms with van der Waals surface area (Å²) in [5.41, 5.74) is 0.573. The van der Waals surface area contributed by atoms with Crippen molar-refractivity contribution in [1.29, 1.82) is 0 Å². The predicted molar refractivity (Wildman–Crippen MR) is 91.4 cm³/mol. The molecule has 0 aliphatic carbocycles. The van der Waals surface area contributed by atoms with Crippen LogP contribution in [0.15, 0.2) is 65.5 Å². The Hall–Kier alpha value is -3.15. The molecule has 0 spiro atoms. The van der Waals surface area contributed by atoms with E-state index < -0.39 is 4.92 Å². The number of fused-ring (bicyclic) bond motifs is 1. The van der Waals surface area contributed by atoms with Gasteiger partial charge in [-0.25, -0.2) is 0 Å². The van der Waals surface area contributed by atoms with E-state index in [0.29, 0.717) is 30.5 Å². The van der Waals surface area contributed by atoms with Crippen molar-refractivity contribution in [2.45, 2.75) is 13.0 Å². The zero-order valence-corrected chi connectivity index (χ0v) is 12.9. The van der Waals surface area contributed by atoms with Gasteiger partial charge < -0.3 is 9.30 Å². The lowest BCUT2D eigenvalue weighted by molar-refractivity contribution is -0.384. The second-order valence-electron chi connectivity index (χ2n) is 5.34. The molecule has 0 amide bonds. The average Bonchev–Trinajstić information content (AvgIpc) is 2.60. The Balaban J connectivity index is 1.75. The minimum absolute atomic E-state index is 0.0140. The van der Waals surface area contributed by atoms with Crippen LogP contribution in [0.3, 0.4) is 0 Å². The van der Waals surface area contributed by atoms with Gasteiger partial charge in [-0.1, -0.05) is 18.2 Å². The van der Waals surface area contributed by atoms with Crippen molar-refractivity contribution in [2.75, 3.05) is 6.61 Å². The Morgan fingerprint density at radius 2 is 1.83 bits per heavy atom. The van der Waals surface area contributed by atoms with Gasteiger partial charge in [0.25, 0.3) is 11.2 Å². The first-order chi connectivity index (χ1) is 11.6. The second kappa shape index (κ2) is 6.95. The molecule has 2 aromatic carbocycles. The Labute approximate surface area is 138 Å². The smallest absolute Gasteiger partial charge is 0.270 e. The first kappa shape index (κ1) is 15.7. The third-order valence-electron chi connectivity index (χ3n) is 3.72.